The van der Waals surface area contributed by atoms with Gasteiger partial charge >= 0.3 is 0 Å². The normalized spacial score (nSPS) is 26.6. The molecular weight excluding hydrogens is 162 g/mol. The molecule has 1 aliphatic carbocycles. The number of epoxide rings is 1. The van der Waals surface area contributed by atoms with Gasteiger partial charge in [-0.3, -0.25) is 0 Å². The highest BCUT2D eigenvalue weighted by molar-refractivity contribution is 5.60. The van der Waals surface area contributed by atoms with Crippen molar-refractivity contribution in [2.75, 3.05) is 7.05 Å². The fraction of sp³-hybridized carbons (Fsp3) is 0.273. The fourth-order valence-electron chi connectivity index (χ4n) is 1.64. The molecule has 2 heteroatoms. The maximum absolute atomic E-state index is 5.42. The van der Waals surface area contributed by atoms with Crippen LogP contribution in [0.3, 0.4) is 0 Å². The molecule has 2 nitrogen and oxygen atoms in total. The largest absolute Gasteiger partial charge is 0.360 e. The van der Waals surface area contributed by atoms with E-state index in [-0.39, 0.29) is 0 Å². The molecule has 0 saturated carbocycles. The highest BCUT2D eigenvalue weighted by Gasteiger charge is 2.40. The summed E-state index contributed by atoms with van der Waals surface area (Å²) in [6.45, 7) is 0. The van der Waals surface area contributed by atoms with E-state index in [1.54, 1.807) is 0 Å². The van der Waals surface area contributed by atoms with Gasteiger partial charge in [-0.15, -0.1) is 0 Å². The molecule has 1 heterocycles. The number of benzene rings is 1. The zero-order valence-electron chi connectivity index (χ0n) is 7.60. The summed E-state index contributed by atoms with van der Waals surface area (Å²) in [5.41, 5.74) is 7.16. The smallest absolute Gasteiger partial charge is 0.114 e. The lowest BCUT2D eigenvalue weighted by Crippen LogP contribution is -1.93. The molecule has 1 aromatic rings. The topological polar surface area (TPSA) is 38.5 Å². The van der Waals surface area contributed by atoms with Crippen LogP contribution in [-0.4, -0.2) is 13.2 Å². The number of rotatable bonds is 0. The highest BCUT2D eigenvalue weighted by Crippen LogP contribution is 2.44. The van der Waals surface area contributed by atoms with E-state index in [1.165, 1.54) is 18.2 Å². The Morgan fingerprint density at radius 1 is 1.23 bits per heavy atom. The van der Waals surface area contributed by atoms with Gasteiger partial charge in [-0.2, -0.15) is 0 Å². The second-order valence-corrected chi connectivity index (χ2v) is 3.01. The minimum atomic E-state index is 0.371. The number of nitrogens with two attached hydrogens (primary N) is 1. The average Bonchev–Trinajstić information content (AvgIpc) is 3.00. The molecule has 2 N–H and O–H groups in total. The summed E-state index contributed by atoms with van der Waals surface area (Å²) in [7, 11) is 1.50. The SMILES string of the molecule is C1=CC2O[C@@H]2c2ccccc21.CN. The molecule has 0 amide bonds. The number of hydrogen-bond acceptors (Lipinski definition) is 2. The first-order valence-electron chi connectivity index (χ1n) is 4.45. The molecule has 2 atom stereocenters. The molecule has 1 aromatic carbocycles. The summed E-state index contributed by atoms with van der Waals surface area (Å²) in [6, 6.07) is 8.40. The minimum Gasteiger partial charge on any atom is -0.360 e. The van der Waals surface area contributed by atoms with Gasteiger partial charge in [0.15, 0.2) is 0 Å². The van der Waals surface area contributed by atoms with Crippen molar-refractivity contribution in [3.05, 3.63) is 41.5 Å². The van der Waals surface area contributed by atoms with Crippen LogP contribution in [-0.2, 0) is 4.74 Å². The van der Waals surface area contributed by atoms with Crippen LogP contribution in [0.5, 0.6) is 0 Å². The number of hydrogen-bond donors (Lipinski definition) is 1. The Bertz CT molecular complexity index is 333. The molecule has 3 rings (SSSR count). The molecule has 0 bridgehead atoms. The molecule has 0 radical (unpaired) electrons. The van der Waals surface area contributed by atoms with Crippen molar-refractivity contribution in [3.8, 4) is 0 Å². The van der Waals surface area contributed by atoms with Gasteiger partial charge in [0.05, 0.1) is 0 Å². The molecule has 0 aromatic heterocycles. The Morgan fingerprint density at radius 2 is 2.00 bits per heavy atom. The van der Waals surface area contributed by atoms with E-state index in [0.29, 0.717) is 12.2 Å². The highest BCUT2D eigenvalue weighted by atomic mass is 16.6. The summed E-state index contributed by atoms with van der Waals surface area (Å²) < 4.78 is 5.42. The second kappa shape index (κ2) is 3.32. The van der Waals surface area contributed by atoms with Crippen molar-refractivity contribution in [1.82, 2.24) is 0 Å². The average molecular weight is 175 g/mol. The predicted octanol–water partition coefficient (Wildman–Crippen LogP) is 1.73. The van der Waals surface area contributed by atoms with Crippen LogP contribution in [0.25, 0.3) is 6.08 Å². The predicted molar refractivity (Wildman–Crippen MR) is 53.2 cm³/mol. The van der Waals surface area contributed by atoms with Crippen LogP contribution in [0.4, 0.5) is 0 Å². The summed E-state index contributed by atoms with van der Waals surface area (Å²) in [4.78, 5) is 0. The Hall–Kier alpha value is -1.12. The lowest BCUT2D eigenvalue weighted by molar-refractivity contribution is 0.395. The van der Waals surface area contributed by atoms with Crippen molar-refractivity contribution in [3.63, 3.8) is 0 Å². The lowest BCUT2D eigenvalue weighted by Gasteiger charge is -2.04. The van der Waals surface area contributed by atoms with E-state index in [2.05, 4.69) is 42.2 Å². The Labute approximate surface area is 78.0 Å². The van der Waals surface area contributed by atoms with Crippen LogP contribution in [0.1, 0.15) is 17.2 Å². The van der Waals surface area contributed by atoms with E-state index in [1.807, 2.05) is 0 Å². The van der Waals surface area contributed by atoms with Crippen LogP contribution in [0.2, 0.25) is 0 Å². The van der Waals surface area contributed by atoms with Gasteiger partial charge in [0.2, 0.25) is 0 Å². The summed E-state index contributed by atoms with van der Waals surface area (Å²) in [6.07, 6.45) is 5.03. The quantitative estimate of drug-likeness (QED) is 0.610. The summed E-state index contributed by atoms with van der Waals surface area (Å²) in [5, 5.41) is 0. The van der Waals surface area contributed by atoms with Gasteiger partial charge in [-0.1, -0.05) is 36.4 Å². The van der Waals surface area contributed by atoms with Gasteiger partial charge < -0.3 is 10.5 Å². The Balaban J connectivity index is 0.000000308. The maximum atomic E-state index is 5.42. The van der Waals surface area contributed by atoms with Gasteiger partial charge in [0, 0.05) is 0 Å². The second-order valence-electron chi connectivity index (χ2n) is 3.01. The molecular formula is C11H13NO. The Morgan fingerprint density at radius 3 is 2.85 bits per heavy atom. The third-order valence-electron chi connectivity index (χ3n) is 2.29. The van der Waals surface area contributed by atoms with Gasteiger partial charge in [0.25, 0.3) is 0 Å². The first-order chi connectivity index (χ1) is 6.45. The van der Waals surface area contributed by atoms with E-state index >= 15 is 0 Å². The van der Waals surface area contributed by atoms with Crippen LogP contribution >= 0.6 is 0 Å². The first-order valence-corrected chi connectivity index (χ1v) is 4.45. The molecule has 1 saturated heterocycles. The standard InChI is InChI=1S/C10H8O.CH5N/c1-2-4-8-7(3-1)5-6-9-10(8)11-9;1-2/h1-6,9-10H;2H2,1H3/t9?,10-;/m1./s1. The molecule has 1 fully saturated rings. The lowest BCUT2D eigenvalue weighted by atomic mass is 9.98. The molecule has 13 heavy (non-hydrogen) atoms. The molecule has 1 aliphatic heterocycles. The van der Waals surface area contributed by atoms with Crippen molar-refractivity contribution >= 4 is 6.08 Å². The number of ether oxygens (including phenoxy) is 1. The monoisotopic (exact) mass is 175 g/mol. The zero-order chi connectivity index (χ0) is 9.26. The van der Waals surface area contributed by atoms with Crippen LogP contribution in [0, 0.1) is 0 Å². The summed E-state index contributed by atoms with van der Waals surface area (Å²) in [5.74, 6) is 0. The van der Waals surface area contributed by atoms with Crippen molar-refractivity contribution < 1.29 is 4.74 Å². The van der Waals surface area contributed by atoms with Crippen LogP contribution in [0.15, 0.2) is 30.3 Å². The van der Waals surface area contributed by atoms with E-state index in [0.717, 1.165) is 0 Å². The van der Waals surface area contributed by atoms with Crippen molar-refractivity contribution in [2.24, 2.45) is 5.73 Å². The fourth-order valence-corrected chi connectivity index (χ4v) is 1.64. The van der Waals surface area contributed by atoms with Crippen molar-refractivity contribution in [1.29, 1.82) is 0 Å². The zero-order valence-corrected chi connectivity index (χ0v) is 7.60. The molecule has 0 spiro atoms. The summed E-state index contributed by atoms with van der Waals surface area (Å²) >= 11 is 0. The van der Waals surface area contributed by atoms with E-state index < -0.39 is 0 Å². The minimum absolute atomic E-state index is 0.371. The van der Waals surface area contributed by atoms with Crippen LogP contribution < -0.4 is 5.73 Å². The molecule has 2 aliphatic rings. The van der Waals surface area contributed by atoms with E-state index in [4.69, 9.17) is 4.74 Å². The van der Waals surface area contributed by atoms with Crippen molar-refractivity contribution in [2.45, 2.75) is 12.2 Å². The van der Waals surface area contributed by atoms with Gasteiger partial charge in [0.1, 0.15) is 12.2 Å². The number of fused-ring (bicyclic) bond motifs is 3. The third-order valence-corrected chi connectivity index (χ3v) is 2.29. The molecule has 1 unspecified atom stereocenters. The Kier molecular flexibility index (Phi) is 2.17. The molecule has 68 valence electrons. The third kappa shape index (κ3) is 1.39. The maximum Gasteiger partial charge on any atom is 0.114 e. The first kappa shape index (κ1) is 8.48. The van der Waals surface area contributed by atoms with E-state index in [9.17, 15) is 0 Å². The van der Waals surface area contributed by atoms with Gasteiger partial charge in [-0.25, -0.2) is 0 Å². The van der Waals surface area contributed by atoms with Gasteiger partial charge in [-0.05, 0) is 18.2 Å².